The summed E-state index contributed by atoms with van der Waals surface area (Å²) < 4.78 is 27.1. The van der Waals surface area contributed by atoms with Gasteiger partial charge in [0.2, 0.25) is 15.9 Å². The van der Waals surface area contributed by atoms with Gasteiger partial charge in [-0.1, -0.05) is 12.1 Å². The number of nitrogens with one attached hydrogen (secondary N) is 1. The van der Waals surface area contributed by atoms with Crippen molar-refractivity contribution >= 4 is 15.9 Å². The van der Waals surface area contributed by atoms with Crippen LogP contribution in [-0.2, 0) is 21.4 Å². The number of nitrogens with two attached hydrogens (primary N) is 1. The van der Waals surface area contributed by atoms with Crippen LogP contribution in [0.2, 0.25) is 0 Å². The standard InChI is InChI=1S/C13H19N3O3S/c1-16-9-11(4-7-13(16)17)15-20(18,19)12-5-2-10(8-14)3-6-12/h2-3,5-6,11,15H,4,7-9,14H2,1H3. The number of amides is 1. The maximum atomic E-state index is 12.2. The van der Waals surface area contributed by atoms with Crippen molar-refractivity contribution in [3.8, 4) is 0 Å². The second kappa shape index (κ2) is 5.90. The number of nitrogens with zero attached hydrogens (tertiary/aromatic N) is 1. The number of sulfonamides is 1. The van der Waals surface area contributed by atoms with Gasteiger partial charge in [-0.25, -0.2) is 13.1 Å². The molecule has 1 aromatic carbocycles. The van der Waals surface area contributed by atoms with Crippen LogP contribution in [-0.4, -0.2) is 38.9 Å². The molecule has 110 valence electrons. The highest BCUT2D eigenvalue weighted by molar-refractivity contribution is 7.89. The number of piperidine rings is 1. The Morgan fingerprint density at radius 3 is 2.55 bits per heavy atom. The third-order valence-corrected chi connectivity index (χ3v) is 4.95. The highest BCUT2D eigenvalue weighted by Crippen LogP contribution is 2.15. The summed E-state index contributed by atoms with van der Waals surface area (Å²) in [5.41, 5.74) is 6.37. The van der Waals surface area contributed by atoms with Gasteiger partial charge in [0.1, 0.15) is 0 Å². The first kappa shape index (κ1) is 15.0. The lowest BCUT2D eigenvalue weighted by molar-refractivity contribution is -0.132. The molecule has 0 radical (unpaired) electrons. The molecule has 0 saturated carbocycles. The van der Waals surface area contributed by atoms with E-state index in [0.717, 1.165) is 5.56 Å². The molecule has 0 bridgehead atoms. The average Bonchev–Trinajstić information content (AvgIpc) is 2.43. The molecule has 20 heavy (non-hydrogen) atoms. The van der Waals surface area contributed by atoms with Crippen molar-refractivity contribution in [2.45, 2.75) is 30.3 Å². The van der Waals surface area contributed by atoms with E-state index in [9.17, 15) is 13.2 Å². The van der Waals surface area contributed by atoms with Crippen molar-refractivity contribution < 1.29 is 13.2 Å². The molecule has 0 spiro atoms. The second-order valence-corrected chi connectivity index (χ2v) is 6.69. The lowest BCUT2D eigenvalue weighted by Crippen LogP contribution is -2.48. The van der Waals surface area contributed by atoms with E-state index in [4.69, 9.17) is 5.73 Å². The molecule has 1 heterocycles. The van der Waals surface area contributed by atoms with Gasteiger partial charge in [0.25, 0.3) is 0 Å². The summed E-state index contributed by atoms with van der Waals surface area (Å²) in [6.45, 7) is 0.780. The molecule has 1 unspecified atom stereocenters. The van der Waals surface area contributed by atoms with Gasteiger partial charge < -0.3 is 10.6 Å². The molecule has 1 aliphatic rings. The number of rotatable bonds is 4. The van der Waals surface area contributed by atoms with Gasteiger partial charge in [-0.05, 0) is 24.1 Å². The molecule has 6 nitrogen and oxygen atoms in total. The SMILES string of the molecule is CN1CC(NS(=O)(=O)c2ccc(CN)cc2)CCC1=O. The summed E-state index contributed by atoms with van der Waals surface area (Å²) in [7, 11) is -1.88. The van der Waals surface area contributed by atoms with Gasteiger partial charge in [0.05, 0.1) is 4.90 Å². The van der Waals surface area contributed by atoms with E-state index in [1.807, 2.05) is 0 Å². The van der Waals surface area contributed by atoms with Crippen LogP contribution in [0.1, 0.15) is 18.4 Å². The average molecular weight is 297 g/mol. The molecule has 0 aromatic heterocycles. The minimum atomic E-state index is -3.55. The minimum Gasteiger partial charge on any atom is -0.344 e. The highest BCUT2D eigenvalue weighted by Gasteiger charge is 2.27. The number of carbonyl (C=O) groups is 1. The molecule has 3 N–H and O–H groups in total. The van der Waals surface area contributed by atoms with Gasteiger partial charge in [-0.2, -0.15) is 0 Å². The van der Waals surface area contributed by atoms with Gasteiger partial charge in [0, 0.05) is 32.6 Å². The molecule has 7 heteroatoms. The van der Waals surface area contributed by atoms with Crippen LogP contribution >= 0.6 is 0 Å². The Bertz CT molecular complexity index is 583. The van der Waals surface area contributed by atoms with Crippen molar-refractivity contribution in [2.75, 3.05) is 13.6 Å². The van der Waals surface area contributed by atoms with E-state index in [1.165, 1.54) is 0 Å². The Hall–Kier alpha value is -1.44. The first-order valence-electron chi connectivity index (χ1n) is 6.47. The summed E-state index contributed by atoms with van der Waals surface area (Å²) in [5.74, 6) is 0.0488. The Balaban J connectivity index is 2.08. The predicted octanol–water partition coefficient (Wildman–Crippen LogP) is 0.0444. The zero-order chi connectivity index (χ0) is 14.8. The number of hydrogen-bond donors (Lipinski definition) is 2. The summed E-state index contributed by atoms with van der Waals surface area (Å²) in [6, 6.07) is 6.25. The fraction of sp³-hybridized carbons (Fsp3) is 0.462. The summed E-state index contributed by atoms with van der Waals surface area (Å²) in [6.07, 6.45) is 0.902. The number of carbonyl (C=O) groups excluding carboxylic acids is 1. The van der Waals surface area contributed by atoms with Crippen LogP contribution in [0.5, 0.6) is 0 Å². The quantitative estimate of drug-likeness (QED) is 0.821. The number of benzene rings is 1. The van der Waals surface area contributed by atoms with Gasteiger partial charge in [-0.3, -0.25) is 4.79 Å². The van der Waals surface area contributed by atoms with E-state index < -0.39 is 10.0 Å². The van der Waals surface area contributed by atoms with Crippen LogP contribution in [0.25, 0.3) is 0 Å². The minimum absolute atomic E-state index is 0.0488. The topological polar surface area (TPSA) is 92.5 Å². The highest BCUT2D eigenvalue weighted by atomic mass is 32.2. The monoisotopic (exact) mass is 297 g/mol. The largest absolute Gasteiger partial charge is 0.344 e. The van der Waals surface area contributed by atoms with Crippen LogP contribution in [0.3, 0.4) is 0 Å². The lowest BCUT2D eigenvalue weighted by Gasteiger charge is -2.29. The van der Waals surface area contributed by atoms with Gasteiger partial charge in [0.15, 0.2) is 0 Å². The maximum Gasteiger partial charge on any atom is 0.240 e. The van der Waals surface area contributed by atoms with E-state index >= 15 is 0 Å². The van der Waals surface area contributed by atoms with Crippen molar-refractivity contribution in [3.63, 3.8) is 0 Å². The van der Waals surface area contributed by atoms with E-state index in [-0.39, 0.29) is 16.8 Å². The predicted molar refractivity (Wildman–Crippen MR) is 75.3 cm³/mol. The molecule has 1 atom stereocenters. The fourth-order valence-electron chi connectivity index (χ4n) is 2.20. The van der Waals surface area contributed by atoms with Crippen LogP contribution in [0, 0.1) is 0 Å². The van der Waals surface area contributed by atoms with Crippen LogP contribution in [0.4, 0.5) is 0 Å². The molecule has 1 saturated heterocycles. The number of likely N-dealkylation sites (tertiary alicyclic amines) is 1. The lowest BCUT2D eigenvalue weighted by atomic mass is 10.1. The van der Waals surface area contributed by atoms with E-state index in [2.05, 4.69) is 4.72 Å². The summed E-state index contributed by atoms with van der Waals surface area (Å²) in [4.78, 5) is 13.1. The molecular formula is C13H19N3O3S. The summed E-state index contributed by atoms with van der Waals surface area (Å²) >= 11 is 0. The maximum absolute atomic E-state index is 12.2. The molecular weight excluding hydrogens is 278 g/mol. The van der Waals surface area contributed by atoms with Crippen molar-refractivity contribution in [2.24, 2.45) is 5.73 Å². The zero-order valence-electron chi connectivity index (χ0n) is 11.4. The third-order valence-electron chi connectivity index (χ3n) is 3.42. The second-order valence-electron chi connectivity index (χ2n) is 4.98. The first-order valence-corrected chi connectivity index (χ1v) is 7.96. The Labute approximate surface area is 119 Å². The van der Waals surface area contributed by atoms with Crippen LogP contribution < -0.4 is 10.5 Å². The molecule has 1 aromatic rings. The Kier molecular flexibility index (Phi) is 4.42. The Morgan fingerprint density at radius 2 is 2.00 bits per heavy atom. The van der Waals surface area contributed by atoms with E-state index in [0.29, 0.717) is 25.9 Å². The van der Waals surface area contributed by atoms with Crippen LogP contribution in [0.15, 0.2) is 29.2 Å². The zero-order valence-corrected chi connectivity index (χ0v) is 12.2. The third kappa shape index (κ3) is 3.36. The molecule has 0 aliphatic carbocycles. The molecule has 1 aliphatic heterocycles. The van der Waals surface area contributed by atoms with E-state index in [1.54, 1.807) is 36.2 Å². The number of hydrogen-bond acceptors (Lipinski definition) is 4. The molecule has 1 fully saturated rings. The van der Waals surface area contributed by atoms with Crippen molar-refractivity contribution in [1.82, 2.24) is 9.62 Å². The van der Waals surface area contributed by atoms with Crippen molar-refractivity contribution in [3.05, 3.63) is 29.8 Å². The first-order chi connectivity index (χ1) is 9.42. The number of likely N-dealkylation sites (N-methyl/N-ethyl adjacent to an activating group) is 1. The summed E-state index contributed by atoms with van der Waals surface area (Å²) in [5, 5.41) is 0. The molecule has 2 rings (SSSR count). The normalized spacial score (nSPS) is 20.2. The Morgan fingerprint density at radius 1 is 1.35 bits per heavy atom. The van der Waals surface area contributed by atoms with Gasteiger partial charge in [-0.15, -0.1) is 0 Å². The molecule has 1 amide bonds. The fourth-order valence-corrected chi connectivity index (χ4v) is 3.46. The van der Waals surface area contributed by atoms with Crippen molar-refractivity contribution in [1.29, 1.82) is 0 Å². The van der Waals surface area contributed by atoms with Gasteiger partial charge >= 0.3 is 0 Å². The smallest absolute Gasteiger partial charge is 0.240 e.